The van der Waals surface area contributed by atoms with E-state index < -0.39 is 29.1 Å². The molecule has 3 aromatic rings. The van der Waals surface area contributed by atoms with Crippen molar-refractivity contribution >= 4 is 11.0 Å². The highest BCUT2D eigenvalue weighted by molar-refractivity contribution is 5.78. The third-order valence-electron chi connectivity index (χ3n) is 3.35. The normalized spacial score (nSPS) is 12.8. The molecule has 2 nitrogen and oxygen atoms in total. The summed E-state index contributed by atoms with van der Waals surface area (Å²) in [6.07, 6.45) is 0. The number of hydrogen-bond acceptors (Lipinski definition) is 2. The first-order valence-corrected chi connectivity index (χ1v) is 6.36. The van der Waals surface area contributed by atoms with E-state index in [2.05, 4.69) is 0 Å². The summed E-state index contributed by atoms with van der Waals surface area (Å²) < 4.78 is 46.0. The zero-order chi connectivity index (χ0) is 15.1. The van der Waals surface area contributed by atoms with Gasteiger partial charge in [-0.25, -0.2) is 13.2 Å². The molecule has 0 amide bonds. The standard InChI is InChI=1S/C16H12F3NO/c1-8-2-3-13-9(4-8)5-14(21-13)16(20)15-11(18)6-10(17)7-12(15)19/h2-7,16H,20H2,1H3. The first kappa shape index (κ1) is 13.7. The summed E-state index contributed by atoms with van der Waals surface area (Å²) in [7, 11) is 0. The third-order valence-corrected chi connectivity index (χ3v) is 3.35. The van der Waals surface area contributed by atoms with E-state index in [9.17, 15) is 13.2 Å². The van der Waals surface area contributed by atoms with Crippen LogP contribution in [0.3, 0.4) is 0 Å². The van der Waals surface area contributed by atoms with E-state index in [1.807, 2.05) is 19.1 Å². The first-order valence-electron chi connectivity index (χ1n) is 6.36. The highest BCUT2D eigenvalue weighted by atomic mass is 19.1. The molecule has 0 fully saturated rings. The van der Waals surface area contributed by atoms with Crippen LogP contribution in [0.4, 0.5) is 13.2 Å². The van der Waals surface area contributed by atoms with Crippen LogP contribution in [-0.4, -0.2) is 0 Å². The number of halogens is 3. The molecule has 2 N–H and O–H groups in total. The fourth-order valence-corrected chi connectivity index (χ4v) is 2.33. The van der Waals surface area contributed by atoms with Gasteiger partial charge in [0.1, 0.15) is 28.8 Å². The molecule has 0 spiro atoms. The molecule has 0 saturated carbocycles. The Kier molecular flexibility index (Phi) is 3.22. The molecule has 1 atom stereocenters. The predicted octanol–water partition coefficient (Wildman–Crippen LogP) is 4.21. The number of aryl methyl sites for hydroxylation is 1. The maximum absolute atomic E-state index is 13.8. The Balaban J connectivity index is 2.10. The lowest BCUT2D eigenvalue weighted by atomic mass is 10.0. The average molecular weight is 291 g/mol. The zero-order valence-corrected chi connectivity index (χ0v) is 11.2. The minimum absolute atomic E-state index is 0.222. The summed E-state index contributed by atoms with van der Waals surface area (Å²) in [4.78, 5) is 0. The van der Waals surface area contributed by atoms with E-state index in [4.69, 9.17) is 10.2 Å². The van der Waals surface area contributed by atoms with Crippen LogP contribution in [0.15, 0.2) is 40.8 Å². The van der Waals surface area contributed by atoms with E-state index in [0.29, 0.717) is 17.7 Å². The van der Waals surface area contributed by atoms with Crippen molar-refractivity contribution in [3.63, 3.8) is 0 Å². The van der Waals surface area contributed by atoms with Crippen molar-refractivity contribution < 1.29 is 17.6 Å². The van der Waals surface area contributed by atoms with E-state index in [1.54, 1.807) is 12.1 Å². The van der Waals surface area contributed by atoms with Crippen molar-refractivity contribution in [1.82, 2.24) is 0 Å². The summed E-state index contributed by atoms with van der Waals surface area (Å²) in [5.74, 6) is -2.82. The number of hydrogen-bond donors (Lipinski definition) is 1. The van der Waals surface area contributed by atoms with E-state index in [0.717, 1.165) is 10.9 Å². The maximum atomic E-state index is 13.8. The van der Waals surface area contributed by atoms with Gasteiger partial charge in [-0.1, -0.05) is 11.6 Å². The van der Waals surface area contributed by atoms with Gasteiger partial charge >= 0.3 is 0 Å². The zero-order valence-electron chi connectivity index (χ0n) is 11.2. The number of benzene rings is 2. The summed E-state index contributed by atoms with van der Waals surface area (Å²) in [5, 5.41) is 0.795. The molecule has 0 aliphatic carbocycles. The van der Waals surface area contributed by atoms with E-state index in [-0.39, 0.29) is 5.76 Å². The molecule has 0 aliphatic rings. The lowest BCUT2D eigenvalue weighted by molar-refractivity contribution is 0.477. The molecule has 3 rings (SSSR count). The van der Waals surface area contributed by atoms with Gasteiger partial charge in [-0.05, 0) is 25.1 Å². The minimum Gasteiger partial charge on any atom is -0.459 e. The van der Waals surface area contributed by atoms with Gasteiger partial charge in [-0.2, -0.15) is 0 Å². The molecule has 0 saturated heterocycles. The molecule has 108 valence electrons. The second-order valence-electron chi connectivity index (χ2n) is 4.95. The van der Waals surface area contributed by atoms with Crippen LogP contribution in [0.2, 0.25) is 0 Å². The second kappa shape index (κ2) is 4.93. The summed E-state index contributed by atoms with van der Waals surface area (Å²) in [6, 6.07) is 7.20. The highest BCUT2D eigenvalue weighted by Gasteiger charge is 2.22. The molecule has 0 radical (unpaired) electrons. The molecular weight excluding hydrogens is 279 g/mol. The molecular formula is C16H12F3NO. The van der Waals surface area contributed by atoms with Gasteiger partial charge in [0.2, 0.25) is 0 Å². The summed E-state index contributed by atoms with van der Waals surface area (Å²) in [5.41, 5.74) is 7.07. The van der Waals surface area contributed by atoms with E-state index >= 15 is 0 Å². The van der Waals surface area contributed by atoms with Crippen LogP contribution < -0.4 is 5.73 Å². The molecule has 1 aromatic heterocycles. The largest absolute Gasteiger partial charge is 0.459 e. The molecule has 0 bridgehead atoms. The van der Waals surface area contributed by atoms with Gasteiger partial charge in [0, 0.05) is 23.1 Å². The number of rotatable bonds is 2. The maximum Gasteiger partial charge on any atom is 0.134 e. The van der Waals surface area contributed by atoms with Crippen LogP contribution in [0.1, 0.15) is 22.9 Å². The van der Waals surface area contributed by atoms with Crippen molar-refractivity contribution in [3.05, 3.63) is 70.7 Å². The van der Waals surface area contributed by atoms with Crippen LogP contribution in [0.5, 0.6) is 0 Å². The van der Waals surface area contributed by atoms with Crippen molar-refractivity contribution in [2.75, 3.05) is 0 Å². The van der Waals surface area contributed by atoms with Crippen molar-refractivity contribution in [2.45, 2.75) is 13.0 Å². The Bertz CT molecular complexity index is 802. The molecule has 1 heterocycles. The van der Waals surface area contributed by atoms with Crippen LogP contribution in [0.25, 0.3) is 11.0 Å². The molecule has 0 aliphatic heterocycles. The Labute approximate surface area is 119 Å². The van der Waals surface area contributed by atoms with Gasteiger partial charge in [-0.3, -0.25) is 0 Å². The Morgan fingerprint density at radius 3 is 2.33 bits per heavy atom. The lowest BCUT2D eigenvalue weighted by Gasteiger charge is -2.11. The minimum atomic E-state index is -1.14. The fraction of sp³-hybridized carbons (Fsp3) is 0.125. The molecule has 21 heavy (non-hydrogen) atoms. The predicted molar refractivity (Wildman–Crippen MR) is 73.3 cm³/mol. The second-order valence-corrected chi connectivity index (χ2v) is 4.95. The van der Waals surface area contributed by atoms with Gasteiger partial charge in [0.25, 0.3) is 0 Å². The number of nitrogens with two attached hydrogens (primary N) is 1. The first-order chi connectivity index (χ1) is 9.95. The lowest BCUT2D eigenvalue weighted by Crippen LogP contribution is -2.15. The van der Waals surface area contributed by atoms with Gasteiger partial charge in [-0.15, -0.1) is 0 Å². The van der Waals surface area contributed by atoms with Gasteiger partial charge in [0.05, 0.1) is 6.04 Å². The SMILES string of the molecule is Cc1ccc2oc(C(N)c3c(F)cc(F)cc3F)cc2c1. The van der Waals surface area contributed by atoms with Crippen LogP contribution in [0, 0.1) is 24.4 Å². The highest BCUT2D eigenvalue weighted by Crippen LogP contribution is 2.30. The topological polar surface area (TPSA) is 39.2 Å². The average Bonchev–Trinajstić information content (AvgIpc) is 2.80. The Morgan fingerprint density at radius 2 is 1.67 bits per heavy atom. The number of furan rings is 1. The smallest absolute Gasteiger partial charge is 0.134 e. The summed E-state index contributed by atoms with van der Waals surface area (Å²) >= 11 is 0. The van der Waals surface area contributed by atoms with Gasteiger partial charge < -0.3 is 10.2 Å². The molecule has 5 heteroatoms. The van der Waals surface area contributed by atoms with Crippen LogP contribution in [-0.2, 0) is 0 Å². The monoisotopic (exact) mass is 291 g/mol. The van der Waals surface area contributed by atoms with Crippen molar-refractivity contribution in [1.29, 1.82) is 0 Å². The van der Waals surface area contributed by atoms with Gasteiger partial charge in [0.15, 0.2) is 0 Å². The molecule has 2 aromatic carbocycles. The quantitative estimate of drug-likeness (QED) is 0.768. The van der Waals surface area contributed by atoms with Crippen LogP contribution >= 0.6 is 0 Å². The number of fused-ring (bicyclic) bond motifs is 1. The van der Waals surface area contributed by atoms with Crippen molar-refractivity contribution in [2.24, 2.45) is 5.73 Å². The Hall–Kier alpha value is -2.27. The summed E-state index contributed by atoms with van der Waals surface area (Å²) in [6.45, 7) is 1.92. The fourth-order valence-electron chi connectivity index (χ4n) is 2.33. The third kappa shape index (κ3) is 2.40. The van der Waals surface area contributed by atoms with Crippen molar-refractivity contribution in [3.8, 4) is 0 Å². The van der Waals surface area contributed by atoms with E-state index in [1.165, 1.54) is 0 Å². The molecule has 1 unspecified atom stereocenters. The Morgan fingerprint density at radius 1 is 1.00 bits per heavy atom.